The minimum atomic E-state index is -2.56. The fourth-order valence-electron chi connectivity index (χ4n) is 4.30. The Labute approximate surface area is 158 Å². The van der Waals surface area contributed by atoms with Crippen LogP contribution in [0.5, 0.6) is 11.5 Å². The van der Waals surface area contributed by atoms with Crippen molar-refractivity contribution in [2.45, 2.75) is 25.4 Å². The van der Waals surface area contributed by atoms with Crippen LogP contribution in [-0.2, 0) is 16.0 Å². The summed E-state index contributed by atoms with van der Waals surface area (Å²) in [6.07, 6.45) is -0.361. The molecule has 0 bridgehead atoms. The fraction of sp³-hybridized carbons (Fsp3) is 0.250. The molecule has 0 saturated carbocycles. The molecule has 144 valence electrons. The maximum atomic E-state index is 13.2. The van der Waals surface area contributed by atoms with Crippen LogP contribution in [-0.4, -0.2) is 43.5 Å². The Balaban J connectivity index is 2.04. The Kier molecular flexibility index (Phi) is 3.57. The van der Waals surface area contributed by atoms with Gasteiger partial charge in [0.05, 0.1) is 10.9 Å². The first-order valence-electron chi connectivity index (χ1n) is 8.60. The number of aliphatic hydroxyl groups is 2. The summed E-state index contributed by atoms with van der Waals surface area (Å²) in [7, 11) is 0. The van der Waals surface area contributed by atoms with Crippen LogP contribution in [0.4, 0.5) is 0 Å². The number of Topliss-reactive ketones (excluding diaryl/α,β-unsaturated/α-hetero) is 2. The molecule has 2 aliphatic rings. The molecule has 1 amide bonds. The van der Waals surface area contributed by atoms with Gasteiger partial charge in [-0.05, 0) is 42.0 Å². The van der Waals surface area contributed by atoms with Gasteiger partial charge in [-0.15, -0.1) is 0 Å². The highest BCUT2D eigenvalue weighted by molar-refractivity contribution is 6.23. The van der Waals surface area contributed by atoms with Crippen LogP contribution in [0, 0.1) is 12.8 Å². The number of aliphatic hydroxyl groups excluding tert-OH is 1. The number of amides is 1. The molecule has 4 rings (SSSR count). The first-order chi connectivity index (χ1) is 13.1. The average molecular weight is 383 g/mol. The predicted molar refractivity (Wildman–Crippen MR) is 97.0 cm³/mol. The van der Waals surface area contributed by atoms with Crippen molar-refractivity contribution in [2.75, 3.05) is 0 Å². The lowest BCUT2D eigenvalue weighted by Gasteiger charge is -2.41. The number of hydrogen-bond donors (Lipinski definition) is 5. The summed E-state index contributed by atoms with van der Waals surface area (Å²) in [6.45, 7) is 1.77. The number of primary amides is 1. The number of phenolic OH excluding ortho intramolecular Hbond substituents is 2. The number of carbonyl (C=O) groups excluding carboxylic acids is 3. The molecule has 0 unspecified atom stereocenters. The molecule has 2 atom stereocenters. The monoisotopic (exact) mass is 383 g/mol. The van der Waals surface area contributed by atoms with E-state index in [2.05, 4.69) is 0 Å². The van der Waals surface area contributed by atoms with Crippen LogP contribution in [0.25, 0.3) is 10.8 Å². The summed E-state index contributed by atoms with van der Waals surface area (Å²) < 4.78 is 0. The number of benzene rings is 2. The van der Waals surface area contributed by atoms with Crippen molar-refractivity contribution in [1.82, 2.24) is 0 Å². The molecule has 0 fully saturated rings. The highest BCUT2D eigenvalue weighted by Gasteiger charge is 2.57. The zero-order valence-electron chi connectivity index (χ0n) is 14.8. The standard InChI is InChI=1S/C20H17NO7/c1-7-2-3-11(22)14-10(7)5-8-4-9-6-12(23)15(19(21)27)18(26)20(9,28)17(25)13(8)16(14)24/h2-3,5,9,22,24,26,28H,4,6H2,1H3,(H2,21,27)/t9-,20-/m0/s1. The number of aryl methyl sites for hydroxylation is 1. The maximum absolute atomic E-state index is 13.2. The highest BCUT2D eigenvalue weighted by atomic mass is 16.3. The molecule has 8 nitrogen and oxygen atoms in total. The first kappa shape index (κ1) is 18.0. The number of phenols is 2. The van der Waals surface area contributed by atoms with Gasteiger partial charge in [-0.3, -0.25) is 14.4 Å². The average Bonchev–Trinajstić information content (AvgIpc) is 2.61. The topological polar surface area (TPSA) is 158 Å². The molecule has 0 spiro atoms. The van der Waals surface area contributed by atoms with Crippen molar-refractivity contribution in [3.05, 3.63) is 46.2 Å². The Hall–Kier alpha value is -3.39. The quantitative estimate of drug-likeness (QED) is 0.458. The molecular formula is C20H17NO7. The third-order valence-corrected chi connectivity index (χ3v) is 5.74. The second-order valence-electron chi connectivity index (χ2n) is 7.30. The van der Waals surface area contributed by atoms with Gasteiger partial charge in [0.1, 0.15) is 22.8 Å². The lowest BCUT2D eigenvalue weighted by Crippen LogP contribution is -2.56. The number of nitrogens with two attached hydrogens (primary N) is 1. The summed E-state index contributed by atoms with van der Waals surface area (Å²) in [5.41, 5.74) is 2.61. The predicted octanol–water partition coefficient (Wildman–Crippen LogP) is 0.916. The molecule has 2 aromatic rings. The number of aromatic hydroxyl groups is 2. The van der Waals surface area contributed by atoms with Gasteiger partial charge in [0, 0.05) is 12.3 Å². The summed E-state index contributed by atoms with van der Waals surface area (Å²) in [6, 6.07) is 4.64. The van der Waals surface area contributed by atoms with E-state index in [0.717, 1.165) is 5.56 Å². The van der Waals surface area contributed by atoms with E-state index < -0.39 is 46.1 Å². The number of carbonyl (C=O) groups is 3. The molecule has 0 saturated heterocycles. The van der Waals surface area contributed by atoms with E-state index in [1.54, 1.807) is 19.1 Å². The molecule has 0 aromatic heterocycles. The Morgan fingerprint density at radius 3 is 2.50 bits per heavy atom. The molecule has 2 aromatic carbocycles. The second kappa shape index (κ2) is 5.56. The number of rotatable bonds is 1. The first-order valence-corrected chi connectivity index (χ1v) is 8.60. The van der Waals surface area contributed by atoms with Crippen molar-refractivity contribution < 1.29 is 34.8 Å². The van der Waals surface area contributed by atoms with Crippen LogP contribution in [0.15, 0.2) is 29.5 Å². The molecule has 28 heavy (non-hydrogen) atoms. The van der Waals surface area contributed by atoms with Gasteiger partial charge in [-0.25, -0.2) is 0 Å². The molecule has 0 aliphatic heterocycles. The van der Waals surface area contributed by atoms with Crippen LogP contribution >= 0.6 is 0 Å². The number of fused-ring (bicyclic) bond motifs is 3. The minimum Gasteiger partial charge on any atom is -0.508 e. The van der Waals surface area contributed by atoms with E-state index in [9.17, 15) is 34.8 Å². The number of hydrogen-bond acceptors (Lipinski definition) is 7. The Morgan fingerprint density at radius 1 is 1.18 bits per heavy atom. The van der Waals surface area contributed by atoms with Crippen molar-refractivity contribution in [1.29, 1.82) is 0 Å². The zero-order valence-corrected chi connectivity index (χ0v) is 14.8. The lowest BCUT2D eigenvalue weighted by atomic mass is 9.64. The molecule has 8 heteroatoms. The van der Waals surface area contributed by atoms with E-state index in [-0.39, 0.29) is 29.5 Å². The van der Waals surface area contributed by atoms with Crippen LogP contribution < -0.4 is 5.73 Å². The molecule has 0 radical (unpaired) electrons. The molecule has 6 N–H and O–H groups in total. The van der Waals surface area contributed by atoms with E-state index >= 15 is 0 Å². The van der Waals surface area contributed by atoms with Crippen molar-refractivity contribution in [2.24, 2.45) is 11.7 Å². The lowest BCUT2D eigenvalue weighted by molar-refractivity contribution is -0.125. The van der Waals surface area contributed by atoms with Gasteiger partial charge in [0.15, 0.2) is 11.4 Å². The normalized spacial score (nSPS) is 24.3. The third kappa shape index (κ3) is 2.06. The zero-order chi connectivity index (χ0) is 20.5. The largest absolute Gasteiger partial charge is 0.508 e. The van der Waals surface area contributed by atoms with Crippen molar-refractivity contribution in [3.8, 4) is 11.5 Å². The van der Waals surface area contributed by atoms with Gasteiger partial charge < -0.3 is 26.2 Å². The van der Waals surface area contributed by atoms with Gasteiger partial charge in [-0.2, -0.15) is 0 Å². The Bertz CT molecular complexity index is 1150. The summed E-state index contributed by atoms with van der Waals surface area (Å²) in [5, 5.41) is 42.9. The second-order valence-corrected chi connectivity index (χ2v) is 7.30. The van der Waals surface area contributed by atoms with E-state index in [0.29, 0.717) is 10.9 Å². The molecular weight excluding hydrogens is 366 g/mol. The third-order valence-electron chi connectivity index (χ3n) is 5.74. The van der Waals surface area contributed by atoms with Crippen LogP contribution in [0.2, 0.25) is 0 Å². The van der Waals surface area contributed by atoms with E-state index in [1.807, 2.05) is 0 Å². The van der Waals surface area contributed by atoms with E-state index in [1.165, 1.54) is 6.07 Å². The van der Waals surface area contributed by atoms with Gasteiger partial charge >= 0.3 is 0 Å². The van der Waals surface area contributed by atoms with Crippen LogP contribution in [0.3, 0.4) is 0 Å². The van der Waals surface area contributed by atoms with E-state index in [4.69, 9.17) is 5.73 Å². The van der Waals surface area contributed by atoms with Gasteiger partial charge in [0.25, 0.3) is 5.91 Å². The highest BCUT2D eigenvalue weighted by Crippen LogP contribution is 2.49. The summed E-state index contributed by atoms with van der Waals surface area (Å²) in [4.78, 5) is 36.9. The molecule has 2 aliphatic carbocycles. The number of ketones is 2. The van der Waals surface area contributed by atoms with Crippen molar-refractivity contribution >= 4 is 28.2 Å². The van der Waals surface area contributed by atoms with Gasteiger partial charge in [0.2, 0.25) is 5.78 Å². The minimum absolute atomic E-state index is 0.00197. The fourth-order valence-corrected chi connectivity index (χ4v) is 4.30. The smallest absolute Gasteiger partial charge is 0.255 e. The summed E-state index contributed by atoms with van der Waals surface area (Å²) in [5.74, 6) is -5.95. The van der Waals surface area contributed by atoms with Gasteiger partial charge in [-0.1, -0.05) is 6.07 Å². The SMILES string of the molecule is Cc1ccc(O)c2c(O)c3c(cc12)C[C@H]1CC(=O)C(C(N)=O)=C(O)[C@@]1(O)C3=O. The Morgan fingerprint density at radius 2 is 1.86 bits per heavy atom. The maximum Gasteiger partial charge on any atom is 0.255 e. The van der Waals surface area contributed by atoms with Crippen molar-refractivity contribution in [3.63, 3.8) is 0 Å². The van der Waals surface area contributed by atoms with Crippen LogP contribution in [0.1, 0.15) is 27.9 Å². The summed E-state index contributed by atoms with van der Waals surface area (Å²) >= 11 is 0. The molecule has 0 heterocycles.